The van der Waals surface area contributed by atoms with Crippen molar-refractivity contribution in [3.63, 3.8) is 0 Å². The van der Waals surface area contributed by atoms with Crippen LogP contribution in [0.25, 0.3) is 0 Å². The highest BCUT2D eigenvalue weighted by molar-refractivity contribution is 14.0. The third kappa shape index (κ3) is 5.48. The number of furan rings is 1. The number of benzene rings is 1. The zero-order valence-electron chi connectivity index (χ0n) is 15.2. The molecule has 0 unspecified atom stereocenters. The lowest BCUT2D eigenvalue weighted by atomic mass is 9.74. The van der Waals surface area contributed by atoms with Crippen molar-refractivity contribution >= 4 is 29.9 Å². The second-order valence-electron chi connectivity index (χ2n) is 6.44. The Labute approximate surface area is 172 Å². The Morgan fingerprint density at radius 2 is 1.85 bits per heavy atom. The smallest absolute Gasteiger partial charge is 0.191 e. The van der Waals surface area contributed by atoms with E-state index in [1.807, 2.05) is 12.1 Å². The van der Waals surface area contributed by atoms with E-state index >= 15 is 0 Å². The lowest BCUT2D eigenvalue weighted by molar-refractivity contribution is 0.0514. The number of rotatable bonds is 6. The van der Waals surface area contributed by atoms with E-state index in [0.29, 0.717) is 0 Å². The van der Waals surface area contributed by atoms with Crippen molar-refractivity contribution in [3.05, 3.63) is 60.1 Å². The van der Waals surface area contributed by atoms with Crippen molar-refractivity contribution in [2.24, 2.45) is 4.99 Å². The Morgan fingerprint density at radius 3 is 2.50 bits per heavy atom. The second-order valence-corrected chi connectivity index (χ2v) is 6.44. The molecule has 3 rings (SSSR count). The monoisotopic (exact) mass is 469 g/mol. The zero-order valence-corrected chi connectivity index (χ0v) is 17.6. The van der Waals surface area contributed by atoms with Crippen molar-refractivity contribution in [2.75, 3.05) is 33.4 Å². The Bertz CT molecular complexity index is 653. The van der Waals surface area contributed by atoms with Crippen LogP contribution in [-0.4, -0.2) is 39.3 Å². The van der Waals surface area contributed by atoms with E-state index in [2.05, 4.69) is 46.0 Å². The first-order valence-electron chi connectivity index (χ1n) is 8.93. The molecule has 1 saturated heterocycles. The summed E-state index contributed by atoms with van der Waals surface area (Å²) in [7, 11) is 1.81. The van der Waals surface area contributed by atoms with Crippen molar-refractivity contribution in [3.8, 4) is 0 Å². The van der Waals surface area contributed by atoms with Gasteiger partial charge in [0.25, 0.3) is 0 Å². The number of guanidine groups is 1. The van der Waals surface area contributed by atoms with Crippen molar-refractivity contribution < 1.29 is 9.15 Å². The van der Waals surface area contributed by atoms with Gasteiger partial charge in [-0.15, -0.1) is 24.0 Å². The third-order valence-corrected chi connectivity index (χ3v) is 4.90. The molecule has 1 aromatic carbocycles. The summed E-state index contributed by atoms with van der Waals surface area (Å²) in [5.74, 6) is 1.81. The summed E-state index contributed by atoms with van der Waals surface area (Å²) >= 11 is 0. The van der Waals surface area contributed by atoms with Gasteiger partial charge in [0.2, 0.25) is 0 Å². The van der Waals surface area contributed by atoms with Crippen LogP contribution in [0, 0.1) is 0 Å². The van der Waals surface area contributed by atoms with Crippen LogP contribution in [0.4, 0.5) is 0 Å². The lowest BCUT2D eigenvalue weighted by Gasteiger charge is -2.38. The summed E-state index contributed by atoms with van der Waals surface area (Å²) < 4.78 is 11.0. The van der Waals surface area contributed by atoms with Crippen molar-refractivity contribution in [1.82, 2.24) is 10.6 Å². The van der Waals surface area contributed by atoms with Crippen LogP contribution in [-0.2, 0) is 16.6 Å². The SMILES string of the molecule is CN=C(NCCc1ccco1)NCC1(c2ccccc2)CCOCC1.I. The summed E-state index contributed by atoms with van der Waals surface area (Å²) in [6, 6.07) is 14.6. The highest BCUT2D eigenvalue weighted by Gasteiger charge is 2.34. The van der Waals surface area contributed by atoms with Gasteiger partial charge in [0.05, 0.1) is 6.26 Å². The quantitative estimate of drug-likeness (QED) is 0.387. The molecule has 142 valence electrons. The van der Waals surface area contributed by atoms with E-state index in [-0.39, 0.29) is 29.4 Å². The maximum Gasteiger partial charge on any atom is 0.191 e. The first-order valence-corrected chi connectivity index (χ1v) is 8.93. The molecule has 0 aliphatic carbocycles. The Morgan fingerprint density at radius 1 is 1.08 bits per heavy atom. The number of nitrogens with zero attached hydrogens (tertiary/aromatic N) is 1. The van der Waals surface area contributed by atoms with Crippen LogP contribution in [0.15, 0.2) is 58.1 Å². The molecule has 1 aromatic heterocycles. The van der Waals surface area contributed by atoms with Gasteiger partial charge in [0.15, 0.2) is 5.96 Å². The fourth-order valence-corrected chi connectivity index (χ4v) is 3.35. The van der Waals surface area contributed by atoms with E-state index in [1.54, 1.807) is 13.3 Å². The van der Waals surface area contributed by atoms with Crippen molar-refractivity contribution in [2.45, 2.75) is 24.7 Å². The fraction of sp³-hybridized carbons (Fsp3) is 0.450. The van der Waals surface area contributed by atoms with Crippen LogP contribution in [0.3, 0.4) is 0 Å². The molecule has 6 heteroatoms. The molecular weight excluding hydrogens is 441 g/mol. The number of hydrogen-bond donors (Lipinski definition) is 2. The van der Waals surface area contributed by atoms with Gasteiger partial charge in [-0.05, 0) is 30.5 Å². The predicted octanol–water partition coefficient (Wildman–Crippen LogP) is 3.35. The largest absolute Gasteiger partial charge is 0.469 e. The molecule has 5 nitrogen and oxygen atoms in total. The minimum absolute atomic E-state index is 0. The van der Waals surface area contributed by atoms with Gasteiger partial charge in [-0.1, -0.05) is 30.3 Å². The molecule has 2 N–H and O–H groups in total. The molecule has 0 saturated carbocycles. The van der Waals surface area contributed by atoms with Gasteiger partial charge in [-0.25, -0.2) is 0 Å². The average molecular weight is 469 g/mol. The van der Waals surface area contributed by atoms with E-state index in [4.69, 9.17) is 9.15 Å². The third-order valence-electron chi connectivity index (χ3n) is 4.90. The van der Waals surface area contributed by atoms with Crippen LogP contribution in [0.2, 0.25) is 0 Å². The van der Waals surface area contributed by atoms with Crippen LogP contribution < -0.4 is 10.6 Å². The first-order chi connectivity index (χ1) is 12.3. The highest BCUT2D eigenvalue weighted by atomic mass is 127. The zero-order chi connectivity index (χ0) is 17.4. The summed E-state index contributed by atoms with van der Waals surface area (Å²) in [5, 5.41) is 6.87. The summed E-state index contributed by atoms with van der Waals surface area (Å²) in [4.78, 5) is 4.35. The molecule has 26 heavy (non-hydrogen) atoms. The molecule has 0 spiro atoms. The molecule has 1 aliphatic heterocycles. The van der Waals surface area contributed by atoms with Crippen LogP contribution >= 0.6 is 24.0 Å². The number of hydrogen-bond acceptors (Lipinski definition) is 3. The fourth-order valence-electron chi connectivity index (χ4n) is 3.35. The maximum atomic E-state index is 5.60. The minimum Gasteiger partial charge on any atom is -0.469 e. The maximum absolute atomic E-state index is 5.60. The predicted molar refractivity (Wildman–Crippen MR) is 115 cm³/mol. The number of aliphatic imine (C=N–C) groups is 1. The lowest BCUT2D eigenvalue weighted by Crippen LogP contribution is -2.48. The van der Waals surface area contributed by atoms with Gasteiger partial charge < -0.3 is 19.8 Å². The Balaban J connectivity index is 0.00000243. The van der Waals surface area contributed by atoms with Crippen LogP contribution in [0.1, 0.15) is 24.2 Å². The summed E-state index contributed by atoms with van der Waals surface area (Å²) in [5.41, 5.74) is 1.47. The van der Waals surface area contributed by atoms with Gasteiger partial charge in [0, 0.05) is 45.2 Å². The molecule has 1 fully saturated rings. The van der Waals surface area contributed by atoms with Gasteiger partial charge in [-0.2, -0.15) is 0 Å². The van der Waals surface area contributed by atoms with E-state index < -0.39 is 0 Å². The molecule has 2 heterocycles. The molecule has 0 radical (unpaired) electrons. The van der Waals surface area contributed by atoms with Crippen LogP contribution in [0.5, 0.6) is 0 Å². The molecule has 1 aliphatic rings. The Hall–Kier alpha value is -1.54. The molecule has 0 bridgehead atoms. The van der Waals surface area contributed by atoms with E-state index in [0.717, 1.165) is 57.3 Å². The number of halogens is 1. The molecule has 0 amide bonds. The van der Waals surface area contributed by atoms with Gasteiger partial charge in [-0.3, -0.25) is 4.99 Å². The Kier molecular flexibility index (Phi) is 8.44. The standard InChI is InChI=1S/C20H27N3O2.HI/c1-21-19(22-12-9-18-8-5-13-25-18)23-16-20(10-14-24-15-11-20)17-6-3-2-4-7-17;/h2-8,13H,9-12,14-16H2,1H3,(H2,21,22,23);1H. The number of nitrogens with one attached hydrogen (secondary N) is 2. The second kappa shape index (κ2) is 10.6. The molecule has 2 aromatic rings. The van der Waals surface area contributed by atoms with E-state index in [1.165, 1.54) is 5.56 Å². The highest BCUT2D eigenvalue weighted by Crippen LogP contribution is 2.34. The summed E-state index contributed by atoms with van der Waals surface area (Å²) in [6.45, 7) is 3.25. The normalized spacial score (nSPS) is 16.6. The van der Waals surface area contributed by atoms with Crippen molar-refractivity contribution in [1.29, 1.82) is 0 Å². The average Bonchev–Trinajstić information content (AvgIpc) is 3.19. The molecular formula is C20H28IN3O2. The van der Waals surface area contributed by atoms with E-state index in [9.17, 15) is 0 Å². The molecule has 0 atom stereocenters. The minimum atomic E-state index is 0. The summed E-state index contributed by atoms with van der Waals surface area (Å²) in [6.07, 6.45) is 4.59. The van der Waals surface area contributed by atoms with Gasteiger partial charge in [0.1, 0.15) is 5.76 Å². The van der Waals surface area contributed by atoms with Gasteiger partial charge >= 0.3 is 0 Å². The topological polar surface area (TPSA) is 58.8 Å². The number of ether oxygens (including phenoxy) is 1. The first kappa shape index (κ1) is 20.8.